The highest BCUT2D eigenvalue weighted by Gasteiger charge is 2.14. The van der Waals surface area contributed by atoms with Crippen molar-refractivity contribution in [1.29, 1.82) is 5.26 Å². The first-order valence-corrected chi connectivity index (χ1v) is 5.95. The van der Waals surface area contributed by atoms with E-state index in [1.807, 2.05) is 12.3 Å². The lowest BCUT2D eigenvalue weighted by Crippen LogP contribution is -2.38. The lowest BCUT2D eigenvalue weighted by atomic mass is 10.1. The van der Waals surface area contributed by atoms with Crippen LogP contribution in [0.1, 0.15) is 17.5 Å². The van der Waals surface area contributed by atoms with Gasteiger partial charge in [0.15, 0.2) is 0 Å². The number of aromatic nitrogens is 2. The molecule has 2 aromatic rings. The van der Waals surface area contributed by atoms with Crippen molar-refractivity contribution >= 4 is 11.0 Å². The molecule has 3 rings (SSSR count). The molecular formula is C13H14N4. The average Bonchev–Trinajstić information content (AvgIpc) is 2.69. The van der Waals surface area contributed by atoms with E-state index in [0.717, 1.165) is 24.0 Å². The SMILES string of the molecule is N#Cc1cnc2[nH]cc(CCN3CCC3)c2c1. The Kier molecular flexibility index (Phi) is 2.54. The van der Waals surface area contributed by atoms with Crippen molar-refractivity contribution < 1.29 is 0 Å². The number of nitrogens with one attached hydrogen (secondary N) is 1. The minimum Gasteiger partial charge on any atom is -0.346 e. The topological polar surface area (TPSA) is 55.7 Å². The van der Waals surface area contributed by atoms with Crippen LogP contribution in [-0.4, -0.2) is 34.5 Å². The van der Waals surface area contributed by atoms with Crippen LogP contribution in [0.5, 0.6) is 0 Å². The van der Waals surface area contributed by atoms with Crippen LogP contribution in [0.25, 0.3) is 11.0 Å². The second-order valence-corrected chi connectivity index (χ2v) is 4.49. The lowest BCUT2D eigenvalue weighted by molar-refractivity contribution is 0.184. The molecule has 0 unspecified atom stereocenters. The minimum absolute atomic E-state index is 0.627. The van der Waals surface area contributed by atoms with Gasteiger partial charge in [0, 0.05) is 24.3 Å². The number of hydrogen-bond acceptors (Lipinski definition) is 3. The van der Waals surface area contributed by atoms with E-state index < -0.39 is 0 Å². The summed E-state index contributed by atoms with van der Waals surface area (Å²) in [7, 11) is 0. The Bertz CT molecular complexity index is 575. The zero-order chi connectivity index (χ0) is 11.7. The molecule has 0 spiro atoms. The van der Waals surface area contributed by atoms with Crippen LogP contribution in [0, 0.1) is 11.3 Å². The molecule has 3 heterocycles. The molecule has 1 saturated heterocycles. The van der Waals surface area contributed by atoms with Gasteiger partial charge < -0.3 is 9.88 Å². The van der Waals surface area contributed by atoms with E-state index in [-0.39, 0.29) is 0 Å². The molecule has 17 heavy (non-hydrogen) atoms. The molecule has 2 aromatic heterocycles. The Balaban J connectivity index is 1.85. The number of fused-ring (bicyclic) bond motifs is 1. The molecular weight excluding hydrogens is 212 g/mol. The van der Waals surface area contributed by atoms with Gasteiger partial charge in [0.2, 0.25) is 0 Å². The van der Waals surface area contributed by atoms with Gasteiger partial charge in [-0.1, -0.05) is 0 Å². The number of likely N-dealkylation sites (tertiary alicyclic amines) is 1. The van der Waals surface area contributed by atoms with Crippen LogP contribution in [-0.2, 0) is 6.42 Å². The Labute approximate surface area is 99.9 Å². The summed E-state index contributed by atoms with van der Waals surface area (Å²) < 4.78 is 0. The first kappa shape index (κ1) is 10.3. The first-order valence-electron chi connectivity index (χ1n) is 5.95. The van der Waals surface area contributed by atoms with Crippen LogP contribution in [0.4, 0.5) is 0 Å². The molecule has 4 heteroatoms. The van der Waals surface area contributed by atoms with Gasteiger partial charge in [-0.15, -0.1) is 0 Å². The van der Waals surface area contributed by atoms with Gasteiger partial charge in [0.05, 0.1) is 5.56 Å². The largest absolute Gasteiger partial charge is 0.346 e. The Morgan fingerprint density at radius 2 is 2.35 bits per heavy atom. The molecule has 0 saturated carbocycles. The summed E-state index contributed by atoms with van der Waals surface area (Å²) >= 11 is 0. The molecule has 1 aliphatic heterocycles. The van der Waals surface area contributed by atoms with E-state index >= 15 is 0 Å². The van der Waals surface area contributed by atoms with Crippen molar-refractivity contribution in [3.05, 3.63) is 29.6 Å². The van der Waals surface area contributed by atoms with Crippen molar-refractivity contribution in [2.45, 2.75) is 12.8 Å². The lowest BCUT2D eigenvalue weighted by Gasteiger charge is -2.30. The van der Waals surface area contributed by atoms with Crippen LogP contribution in [0.15, 0.2) is 18.5 Å². The van der Waals surface area contributed by atoms with Gasteiger partial charge in [-0.3, -0.25) is 0 Å². The van der Waals surface area contributed by atoms with Gasteiger partial charge in [-0.2, -0.15) is 5.26 Å². The maximum atomic E-state index is 8.88. The van der Waals surface area contributed by atoms with Crippen LogP contribution in [0.3, 0.4) is 0 Å². The van der Waals surface area contributed by atoms with Crippen molar-refractivity contribution in [2.75, 3.05) is 19.6 Å². The molecule has 0 bridgehead atoms. The fourth-order valence-electron chi connectivity index (χ4n) is 2.21. The molecule has 1 aliphatic rings. The predicted molar refractivity (Wildman–Crippen MR) is 65.6 cm³/mol. The quantitative estimate of drug-likeness (QED) is 0.866. The average molecular weight is 226 g/mol. The van der Waals surface area contributed by atoms with E-state index in [0.29, 0.717) is 5.56 Å². The van der Waals surface area contributed by atoms with Gasteiger partial charge in [-0.05, 0) is 37.6 Å². The fourth-order valence-corrected chi connectivity index (χ4v) is 2.21. The van der Waals surface area contributed by atoms with Crippen LogP contribution >= 0.6 is 0 Å². The molecule has 86 valence electrons. The van der Waals surface area contributed by atoms with Crippen molar-refractivity contribution in [1.82, 2.24) is 14.9 Å². The summed E-state index contributed by atoms with van der Waals surface area (Å²) in [6, 6.07) is 4.06. The summed E-state index contributed by atoms with van der Waals surface area (Å²) in [6.07, 6.45) is 5.97. The maximum absolute atomic E-state index is 8.88. The summed E-state index contributed by atoms with van der Waals surface area (Å²) in [6.45, 7) is 3.55. The second-order valence-electron chi connectivity index (χ2n) is 4.49. The van der Waals surface area contributed by atoms with Crippen molar-refractivity contribution in [2.24, 2.45) is 0 Å². The second kappa shape index (κ2) is 4.19. The minimum atomic E-state index is 0.627. The molecule has 1 N–H and O–H groups in total. The highest BCUT2D eigenvalue weighted by molar-refractivity contribution is 5.80. The van der Waals surface area contributed by atoms with Gasteiger partial charge in [0.25, 0.3) is 0 Å². The fraction of sp³-hybridized carbons (Fsp3) is 0.385. The zero-order valence-electron chi connectivity index (χ0n) is 9.61. The maximum Gasteiger partial charge on any atom is 0.137 e. The van der Waals surface area contributed by atoms with Crippen LogP contribution in [0.2, 0.25) is 0 Å². The van der Waals surface area contributed by atoms with Crippen molar-refractivity contribution in [3.8, 4) is 6.07 Å². The highest BCUT2D eigenvalue weighted by atomic mass is 15.2. The molecule has 4 nitrogen and oxygen atoms in total. The van der Waals surface area contributed by atoms with E-state index in [1.54, 1.807) is 6.20 Å². The monoisotopic (exact) mass is 226 g/mol. The number of rotatable bonds is 3. The Morgan fingerprint density at radius 3 is 3.06 bits per heavy atom. The third-order valence-corrected chi connectivity index (χ3v) is 3.39. The predicted octanol–water partition coefficient (Wildman–Crippen LogP) is 1.68. The molecule has 0 radical (unpaired) electrons. The molecule has 0 aromatic carbocycles. The van der Waals surface area contributed by atoms with E-state index in [1.165, 1.54) is 25.1 Å². The third-order valence-electron chi connectivity index (χ3n) is 3.39. The number of H-pyrrole nitrogens is 1. The highest BCUT2D eigenvalue weighted by Crippen LogP contribution is 2.19. The van der Waals surface area contributed by atoms with E-state index in [2.05, 4.69) is 20.9 Å². The first-order chi connectivity index (χ1) is 8.36. The number of nitriles is 1. The number of aromatic amines is 1. The van der Waals surface area contributed by atoms with Gasteiger partial charge >= 0.3 is 0 Å². The van der Waals surface area contributed by atoms with Crippen LogP contribution < -0.4 is 0 Å². The summed E-state index contributed by atoms with van der Waals surface area (Å²) in [5.41, 5.74) is 2.77. The zero-order valence-corrected chi connectivity index (χ0v) is 9.61. The number of nitrogens with zero attached hydrogens (tertiary/aromatic N) is 3. The smallest absolute Gasteiger partial charge is 0.137 e. The van der Waals surface area contributed by atoms with E-state index in [9.17, 15) is 0 Å². The van der Waals surface area contributed by atoms with E-state index in [4.69, 9.17) is 5.26 Å². The Hall–Kier alpha value is -1.86. The van der Waals surface area contributed by atoms with Gasteiger partial charge in [-0.25, -0.2) is 4.98 Å². The summed E-state index contributed by atoms with van der Waals surface area (Å²) in [5, 5.41) is 9.97. The Morgan fingerprint density at radius 1 is 1.47 bits per heavy atom. The standard InChI is InChI=1S/C13H14N4/c14-7-10-6-12-11(2-5-17-3-1-4-17)9-16-13(12)15-8-10/h6,8-9H,1-5H2,(H,15,16). The molecule has 1 fully saturated rings. The van der Waals surface area contributed by atoms with Crippen molar-refractivity contribution in [3.63, 3.8) is 0 Å². The normalized spacial score (nSPS) is 15.7. The molecule has 0 aliphatic carbocycles. The number of hydrogen-bond donors (Lipinski definition) is 1. The summed E-state index contributed by atoms with van der Waals surface area (Å²) in [5.74, 6) is 0. The van der Waals surface area contributed by atoms with Gasteiger partial charge in [0.1, 0.15) is 11.7 Å². The number of pyridine rings is 1. The molecule has 0 atom stereocenters. The molecule has 0 amide bonds. The summed E-state index contributed by atoms with van der Waals surface area (Å²) in [4.78, 5) is 9.85. The third kappa shape index (κ3) is 1.90.